The maximum atomic E-state index is 12.5. The molecule has 0 aliphatic heterocycles. The molecule has 1 amide bonds. The number of carbonyl (C=O) groups is 1. The number of para-hydroxylation sites is 1. The van der Waals surface area contributed by atoms with E-state index in [1.54, 1.807) is 6.07 Å². The van der Waals surface area contributed by atoms with Crippen molar-refractivity contribution in [2.45, 2.75) is 37.8 Å². The Morgan fingerprint density at radius 3 is 2.95 bits per heavy atom. The number of halogens is 1. The second kappa shape index (κ2) is 6.00. The van der Waals surface area contributed by atoms with E-state index in [1.807, 2.05) is 24.3 Å². The van der Waals surface area contributed by atoms with Gasteiger partial charge in [0.15, 0.2) is 0 Å². The Bertz CT molecular complexity index is 674. The summed E-state index contributed by atoms with van der Waals surface area (Å²) < 4.78 is 0. The molecule has 5 heteroatoms. The van der Waals surface area contributed by atoms with E-state index < -0.39 is 0 Å². The average Bonchev–Trinajstić information content (AvgIpc) is 2.46. The summed E-state index contributed by atoms with van der Waals surface area (Å²) in [7, 11) is 0. The number of aliphatic hydroxyl groups is 1. The van der Waals surface area contributed by atoms with Gasteiger partial charge in [0.2, 0.25) is 0 Å². The second-order valence-electron chi connectivity index (χ2n) is 5.50. The summed E-state index contributed by atoms with van der Waals surface area (Å²) in [6.07, 6.45) is 2.95. The first-order chi connectivity index (χ1) is 10.1. The third-order valence-corrected chi connectivity index (χ3v) is 4.10. The summed E-state index contributed by atoms with van der Waals surface area (Å²) in [6.45, 7) is 0. The number of benzene rings is 1. The van der Waals surface area contributed by atoms with Gasteiger partial charge < -0.3 is 10.4 Å². The van der Waals surface area contributed by atoms with Crippen molar-refractivity contribution >= 4 is 28.4 Å². The molecule has 1 fully saturated rings. The predicted molar refractivity (Wildman–Crippen MR) is 82.5 cm³/mol. The molecule has 0 bridgehead atoms. The molecule has 1 heterocycles. The van der Waals surface area contributed by atoms with Crippen LogP contribution in [0.4, 0.5) is 0 Å². The lowest BCUT2D eigenvalue weighted by Crippen LogP contribution is -2.39. The SMILES string of the molecule is O=C(NC1CCCC(O)C1)c1cc(Cl)nc2ccccc12. The molecule has 1 aromatic carbocycles. The number of hydrogen-bond donors (Lipinski definition) is 2. The first kappa shape index (κ1) is 14.3. The zero-order valence-electron chi connectivity index (χ0n) is 11.6. The molecule has 2 unspecified atom stereocenters. The minimum Gasteiger partial charge on any atom is -0.393 e. The van der Waals surface area contributed by atoms with Gasteiger partial charge in [-0.25, -0.2) is 4.98 Å². The van der Waals surface area contributed by atoms with Gasteiger partial charge in [-0.2, -0.15) is 0 Å². The summed E-state index contributed by atoms with van der Waals surface area (Å²) >= 11 is 6.00. The Labute approximate surface area is 128 Å². The van der Waals surface area contributed by atoms with Crippen LogP contribution in [-0.4, -0.2) is 28.1 Å². The summed E-state index contributed by atoms with van der Waals surface area (Å²) in [4.78, 5) is 16.7. The fourth-order valence-electron chi connectivity index (χ4n) is 2.89. The maximum Gasteiger partial charge on any atom is 0.252 e. The van der Waals surface area contributed by atoms with Crippen molar-refractivity contribution in [1.29, 1.82) is 0 Å². The van der Waals surface area contributed by atoms with Crippen LogP contribution >= 0.6 is 11.6 Å². The zero-order chi connectivity index (χ0) is 14.8. The van der Waals surface area contributed by atoms with E-state index in [0.717, 1.165) is 24.6 Å². The van der Waals surface area contributed by atoms with Crippen molar-refractivity contribution in [3.8, 4) is 0 Å². The van der Waals surface area contributed by atoms with Crippen LogP contribution in [0.25, 0.3) is 10.9 Å². The van der Waals surface area contributed by atoms with Gasteiger partial charge in [-0.15, -0.1) is 0 Å². The average molecular weight is 305 g/mol. The third kappa shape index (κ3) is 3.17. The van der Waals surface area contributed by atoms with Crippen molar-refractivity contribution in [2.75, 3.05) is 0 Å². The highest BCUT2D eigenvalue weighted by Crippen LogP contribution is 2.23. The number of fused-ring (bicyclic) bond motifs is 1. The van der Waals surface area contributed by atoms with Crippen molar-refractivity contribution in [2.24, 2.45) is 0 Å². The van der Waals surface area contributed by atoms with Crippen LogP contribution in [-0.2, 0) is 0 Å². The molecule has 1 aliphatic carbocycles. The van der Waals surface area contributed by atoms with Gasteiger partial charge in [-0.05, 0) is 37.8 Å². The number of pyridine rings is 1. The Kier molecular flexibility index (Phi) is 4.08. The fraction of sp³-hybridized carbons (Fsp3) is 0.375. The quantitative estimate of drug-likeness (QED) is 0.839. The second-order valence-corrected chi connectivity index (χ2v) is 5.89. The summed E-state index contributed by atoms with van der Waals surface area (Å²) in [5, 5.41) is 13.8. The Balaban J connectivity index is 1.87. The van der Waals surface area contributed by atoms with E-state index >= 15 is 0 Å². The topological polar surface area (TPSA) is 62.2 Å². The van der Waals surface area contributed by atoms with Gasteiger partial charge in [-0.1, -0.05) is 29.8 Å². The van der Waals surface area contributed by atoms with Gasteiger partial charge in [0.25, 0.3) is 5.91 Å². The van der Waals surface area contributed by atoms with Crippen molar-refractivity contribution in [1.82, 2.24) is 10.3 Å². The first-order valence-corrected chi connectivity index (χ1v) is 7.55. The number of nitrogens with one attached hydrogen (secondary N) is 1. The monoisotopic (exact) mass is 304 g/mol. The number of hydrogen-bond acceptors (Lipinski definition) is 3. The number of aromatic nitrogens is 1. The van der Waals surface area contributed by atoms with Gasteiger partial charge in [0, 0.05) is 11.4 Å². The molecule has 1 aromatic heterocycles. The molecule has 3 rings (SSSR count). The van der Waals surface area contributed by atoms with Crippen LogP contribution in [0.15, 0.2) is 30.3 Å². The van der Waals surface area contributed by atoms with Gasteiger partial charge in [0.05, 0.1) is 17.2 Å². The van der Waals surface area contributed by atoms with Gasteiger partial charge >= 0.3 is 0 Å². The predicted octanol–water partition coefficient (Wildman–Crippen LogP) is 2.92. The number of carbonyl (C=O) groups excluding carboxylic acids is 1. The molecule has 0 saturated heterocycles. The molecule has 0 radical (unpaired) electrons. The molecule has 2 N–H and O–H groups in total. The Hall–Kier alpha value is -1.65. The third-order valence-electron chi connectivity index (χ3n) is 3.91. The van der Waals surface area contributed by atoms with Crippen LogP contribution < -0.4 is 5.32 Å². The molecule has 2 aromatic rings. The fourth-order valence-corrected chi connectivity index (χ4v) is 3.09. The van der Waals surface area contributed by atoms with E-state index in [1.165, 1.54) is 0 Å². The Morgan fingerprint density at radius 1 is 1.33 bits per heavy atom. The maximum absolute atomic E-state index is 12.5. The number of rotatable bonds is 2. The van der Waals surface area contributed by atoms with Crippen molar-refractivity contribution < 1.29 is 9.90 Å². The van der Waals surface area contributed by atoms with Crippen molar-refractivity contribution in [3.63, 3.8) is 0 Å². The summed E-state index contributed by atoms with van der Waals surface area (Å²) in [6, 6.07) is 9.06. The molecule has 2 atom stereocenters. The number of amides is 1. The van der Waals surface area contributed by atoms with Gasteiger partial charge in [-0.3, -0.25) is 4.79 Å². The summed E-state index contributed by atoms with van der Waals surface area (Å²) in [5.41, 5.74) is 1.24. The molecule has 21 heavy (non-hydrogen) atoms. The number of nitrogens with zero attached hydrogens (tertiary/aromatic N) is 1. The van der Waals surface area contributed by atoms with Crippen LogP contribution in [0.3, 0.4) is 0 Å². The molecule has 1 aliphatic rings. The van der Waals surface area contributed by atoms with E-state index in [-0.39, 0.29) is 18.1 Å². The Morgan fingerprint density at radius 2 is 2.14 bits per heavy atom. The zero-order valence-corrected chi connectivity index (χ0v) is 12.3. The standard InChI is InChI=1S/C16H17ClN2O2/c17-15-9-13(12-6-1-2-7-14(12)19-15)16(21)18-10-4-3-5-11(20)8-10/h1-2,6-7,9-11,20H,3-5,8H2,(H,18,21). The van der Waals surface area contributed by atoms with Crippen LogP contribution in [0.2, 0.25) is 5.15 Å². The van der Waals surface area contributed by atoms with Crippen LogP contribution in [0.5, 0.6) is 0 Å². The normalized spacial score (nSPS) is 22.2. The minimum absolute atomic E-state index is 0.0203. The highest BCUT2D eigenvalue weighted by Gasteiger charge is 2.23. The largest absolute Gasteiger partial charge is 0.393 e. The smallest absolute Gasteiger partial charge is 0.252 e. The molecular weight excluding hydrogens is 288 g/mol. The summed E-state index contributed by atoms with van der Waals surface area (Å²) in [5.74, 6) is -0.158. The number of aliphatic hydroxyl groups excluding tert-OH is 1. The van der Waals surface area contributed by atoms with E-state index in [9.17, 15) is 9.90 Å². The molecule has 1 saturated carbocycles. The highest BCUT2D eigenvalue weighted by molar-refractivity contribution is 6.30. The van der Waals surface area contributed by atoms with Crippen LogP contribution in [0, 0.1) is 0 Å². The lowest BCUT2D eigenvalue weighted by molar-refractivity contribution is 0.0851. The highest BCUT2D eigenvalue weighted by atomic mass is 35.5. The van der Waals surface area contributed by atoms with Crippen molar-refractivity contribution in [3.05, 3.63) is 41.0 Å². The molecule has 0 spiro atoms. The molecular formula is C16H17ClN2O2. The lowest BCUT2D eigenvalue weighted by atomic mass is 9.93. The van der Waals surface area contributed by atoms with Crippen LogP contribution in [0.1, 0.15) is 36.0 Å². The minimum atomic E-state index is -0.318. The van der Waals surface area contributed by atoms with E-state index in [2.05, 4.69) is 10.3 Å². The lowest BCUT2D eigenvalue weighted by Gasteiger charge is -2.26. The van der Waals surface area contributed by atoms with E-state index in [0.29, 0.717) is 22.7 Å². The molecule has 110 valence electrons. The first-order valence-electron chi connectivity index (χ1n) is 7.17. The van der Waals surface area contributed by atoms with E-state index in [4.69, 9.17) is 11.6 Å². The molecule has 4 nitrogen and oxygen atoms in total. The van der Waals surface area contributed by atoms with Gasteiger partial charge in [0.1, 0.15) is 5.15 Å².